The smallest absolute Gasteiger partial charge is 0.345 e. The third kappa shape index (κ3) is 3.08. The molecule has 0 saturated carbocycles. The number of hydrogen-bond donors (Lipinski definition) is 2. The molecule has 1 heterocycles. The number of carboxylic acids is 1. The molecule has 0 fully saturated rings. The van der Waals surface area contributed by atoms with Gasteiger partial charge in [0.15, 0.2) is 0 Å². The minimum Gasteiger partial charge on any atom is -0.477 e. The van der Waals surface area contributed by atoms with Crippen LogP contribution in [0.1, 0.15) is 19.3 Å². The summed E-state index contributed by atoms with van der Waals surface area (Å²) >= 11 is 3.13. The highest BCUT2D eigenvalue weighted by atomic mass is 127. The molecule has 0 bridgehead atoms. The fourth-order valence-corrected chi connectivity index (χ4v) is 2.40. The molecule has 0 aliphatic rings. The largest absolute Gasteiger partial charge is 0.477 e. The number of aromatic carboxylic acids is 1. The number of hydrogen-bond acceptors (Lipinski definition) is 3. The molecule has 92 valence electrons. The summed E-state index contributed by atoms with van der Waals surface area (Å²) in [6.45, 7) is 0. The molecule has 0 radical (unpaired) electrons. The van der Waals surface area contributed by atoms with Crippen LogP contribution in [-0.4, -0.2) is 17.0 Å². The number of nitrogens with one attached hydrogen (secondary N) is 1. The fourth-order valence-electron chi connectivity index (χ4n) is 1.30. The minimum atomic E-state index is -1.02. The summed E-state index contributed by atoms with van der Waals surface area (Å²) in [6, 6.07) is 10.3. The lowest BCUT2D eigenvalue weighted by molar-refractivity contribution is 0.0702. The zero-order chi connectivity index (χ0) is 13.1. The second kappa shape index (κ2) is 5.49. The molecule has 1 aromatic heterocycles. The van der Waals surface area contributed by atoms with Crippen molar-refractivity contribution in [3.05, 3.63) is 49.7 Å². The van der Waals surface area contributed by atoms with E-state index < -0.39 is 5.97 Å². The molecule has 2 rings (SSSR count). The number of amides is 1. The highest BCUT2D eigenvalue weighted by molar-refractivity contribution is 14.1. The average molecular weight is 373 g/mol. The van der Waals surface area contributed by atoms with Gasteiger partial charge in [-0.25, -0.2) is 4.79 Å². The van der Waals surface area contributed by atoms with E-state index in [4.69, 9.17) is 5.11 Å². The second-order valence-electron chi connectivity index (χ2n) is 3.43. The quantitative estimate of drug-likeness (QED) is 0.812. The number of carboxylic acid groups (broad SMARTS) is 1. The van der Waals surface area contributed by atoms with Crippen molar-refractivity contribution in [2.45, 2.75) is 0 Å². The van der Waals surface area contributed by atoms with Gasteiger partial charge in [0.05, 0.1) is 4.88 Å². The highest BCUT2D eigenvalue weighted by Crippen LogP contribution is 2.18. The van der Waals surface area contributed by atoms with Crippen LogP contribution in [0.4, 0.5) is 5.69 Å². The summed E-state index contributed by atoms with van der Waals surface area (Å²) in [5, 5.41) is 11.5. The van der Waals surface area contributed by atoms with E-state index in [1.165, 1.54) is 12.1 Å². The van der Waals surface area contributed by atoms with Crippen LogP contribution in [0.25, 0.3) is 0 Å². The number of benzene rings is 1. The first-order valence-corrected chi connectivity index (χ1v) is 6.86. The first-order chi connectivity index (χ1) is 8.56. The Labute approximate surface area is 121 Å². The van der Waals surface area contributed by atoms with Crippen LogP contribution >= 0.6 is 33.9 Å². The number of halogens is 1. The fraction of sp³-hybridized carbons (Fsp3) is 0. The predicted molar refractivity (Wildman–Crippen MR) is 78.4 cm³/mol. The Morgan fingerprint density at radius 3 is 2.22 bits per heavy atom. The summed E-state index contributed by atoms with van der Waals surface area (Å²) in [4.78, 5) is 23.1. The molecule has 0 atom stereocenters. The Bertz CT molecular complexity index is 592. The zero-order valence-corrected chi connectivity index (χ0v) is 12.0. The number of thiophene rings is 1. The lowest BCUT2D eigenvalue weighted by atomic mass is 10.3. The van der Waals surface area contributed by atoms with E-state index in [1.807, 2.05) is 12.1 Å². The minimum absolute atomic E-state index is 0.155. The third-order valence-corrected chi connectivity index (χ3v) is 3.93. The average Bonchev–Trinajstić information content (AvgIpc) is 2.81. The number of anilines is 1. The van der Waals surface area contributed by atoms with Crippen molar-refractivity contribution in [2.24, 2.45) is 0 Å². The van der Waals surface area contributed by atoms with Crippen molar-refractivity contribution in [1.82, 2.24) is 0 Å². The topological polar surface area (TPSA) is 66.4 Å². The molecule has 1 amide bonds. The van der Waals surface area contributed by atoms with Gasteiger partial charge >= 0.3 is 5.97 Å². The maximum absolute atomic E-state index is 11.8. The number of carbonyl (C=O) groups excluding carboxylic acids is 1. The maximum atomic E-state index is 11.8. The van der Waals surface area contributed by atoms with Crippen LogP contribution < -0.4 is 5.32 Å². The SMILES string of the molecule is O=C(O)c1ccc(C(=O)Nc2ccc(I)cc2)s1. The van der Waals surface area contributed by atoms with Crippen LogP contribution in [0.2, 0.25) is 0 Å². The van der Waals surface area contributed by atoms with Crippen molar-refractivity contribution in [2.75, 3.05) is 5.32 Å². The molecule has 0 aliphatic heterocycles. The molecule has 2 N–H and O–H groups in total. The van der Waals surface area contributed by atoms with Gasteiger partial charge in [0.1, 0.15) is 4.88 Å². The van der Waals surface area contributed by atoms with Crippen LogP contribution in [0.3, 0.4) is 0 Å². The first kappa shape index (κ1) is 13.0. The normalized spacial score (nSPS) is 10.1. The standard InChI is InChI=1S/C12H8INO3S/c13-7-1-3-8(4-2-7)14-11(15)9-5-6-10(18-9)12(16)17/h1-6H,(H,14,15)(H,16,17). The summed E-state index contributed by atoms with van der Waals surface area (Å²) in [6.07, 6.45) is 0. The molecule has 2 aromatic rings. The van der Waals surface area contributed by atoms with Gasteiger partial charge in [-0.3, -0.25) is 4.79 Å². The molecule has 0 aliphatic carbocycles. The Hall–Kier alpha value is -1.41. The van der Waals surface area contributed by atoms with E-state index in [1.54, 1.807) is 12.1 Å². The van der Waals surface area contributed by atoms with E-state index in [0.29, 0.717) is 10.6 Å². The number of carbonyl (C=O) groups is 2. The Kier molecular flexibility index (Phi) is 3.97. The molecule has 0 saturated heterocycles. The second-order valence-corrected chi connectivity index (χ2v) is 5.76. The van der Waals surface area contributed by atoms with E-state index in [9.17, 15) is 9.59 Å². The third-order valence-electron chi connectivity index (χ3n) is 2.14. The number of rotatable bonds is 3. The van der Waals surface area contributed by atoms with Crippen LogP contribution in [0.15, 0.2) is 36.4 Å². The summed E-state index contributed by atoms with van der Waals surface area (Å²) in [5.41, 5.74) is 0.686. The van der Waals surface area contributed by atoms with Crippen molar-refractivity contribution < 1.29 is 14.7 Å². The summed E-state index contributed by atoms with van der Waals surface area (Å²) < 4.78 is 1.08. The molecular formula is C12H8INO3S. The van der Waals surface area contributed by atoms with Crippen molar-refractivity contribution >= 4 is 51.5 Å². The molecule has 18 heavy (non-hydrogen) atoms. The highest BCUT2D eigenvalue weighted by Gasteiger charge is 2.12. The molecule has 1 aromatic carbocycles. The van der Waals surface area contributed by atoms with E-state index in [2.05, 4.69) is 27.9 Å². The van der Waals surface area contributed by atoms with Gasteiger partial charge in [-0.05, 0) is 59.0 Å². The molecule has 0 unspecified atom stereocenters. The maximum Gasteiger partial charge on any atom is 0.345 e. The van der Waals surface area contributed by atoms with Gasteiger partial charge in [0, 0.05) is 9.26 Å². The summed E-state index contributed by atoms with van der Waals surface area (Å²) in [5.74, 6) is -1.32. The van der Waals surface area contributed by atoms with E-state index in [0.717, 1.165) is 14.9 Å². The summed E-state index contributed by atoms with van der Waals surface area (Å²) in [7, 11) is 0. The van der Waals surface area contributed by atoms with Crippen molar-refractivity contribution in [3.63, 3.8) is 0 Å². The van der Waals surface area contributed by atoms with Crippen molar-refractivity contribution in [1.29, 1.82) is 0 Å². The van der Waals surface area contributed by atoms with Crippen LogP contribution in [-0.2, 0) is 0 Å². The molecule has 4 nitrogen and oxygen atoms in total. The van der Waals surface area contributed by atoms with Gasteiger partial charge in [-0.2, -0.15) is 0 Å². The van der Waals surface area contributed by atoms with E-state index >= 15 is 0 Å². The van der Waals surface area contributed by atoms with Gasteiger partial charge < -0.3 is 10.4 Å². The van der Waals surface area contributed by atoms with Gasteiger partial charge in [0.25, 0.3) is 5.91 Å². The predicted octanol–water partition coefficient (Wildman–Crippen LogP) is 3.30. The Morgan fingerprint density at radius 2 is 1.67 bits per heavy atom. The zero-order valence-electron chi connectivity index (χ0n) is 9.01. The Morgan fingerprint density at radius 1 is 1.06 bits per heavy atom. The van der Waals surface area contributed by atoms with Crippen molar-refractivity contribution in [3.8, 4) is 0 Å². The Balaban J connectivity index is 2.11. The lowest BCUT2D eigenvalue weighted by Crippen LogP contribution is -2.09. The van der Waals surface area contributed by atoms with Gasteiger partial charge in [-0.15, -0.1) is 11.3 Å². The van der Waals surface area contributed by atoms with Gasteiger partial charge in [0.2, 0.25) is 0 Å². The molecular weight excluding hydrogens is 365 g/mol. The lowest BCUT2D eigenvalue weighted by Gasteiger charge is -2.02. The first-order valence-electron chi connectivity index (χ1n) is 4.96. The van der Waals surface area contributed by atoms with Crippen LogP contribution in [0, 0.1) is 3.57 Å². The van der Waals surface area contributed by atoms with E-state index in [-0.39, 0.29) is 10.8 Å². The van der Waals surface area contributed by atoms with Gasteiger partial charge in [-0.1, -0.05) is 0 Å². The monoisotopic (exact) mass is 373 g/mol. The van der Waals surface area contributed by atoms with Crippen LogP contribution in [0.5, 0.6) is 0 Å². The molecule has 0 spiro atoms. The molecule has 6 heteroatoms.